The Hall–Kier alpha value is -1.25. The van der Waals surface area contributed by atoms with Crippen LogP contribution in [0.4, 0.5) is 30.7 Å². The number of alkyl halides is 7. The molecular formula is C15H17F7O2. The summed E-state index contributed by atoms with van der Waals surface area (Å²) in [5.74, 6) is -14.0. The second-order valence-electron chi connectivity index (χ2n) is 6.81. The van der Waals surface area contributed by atoms with Crippen LogP contribution < -0.4 is 0 Å². The van der Waals surface area contributed by atoms with Gasteiger partial charge in [-0.2, -0.15) is 30.7 Å². The van der Waals surface area contributed by atoms with Crippen molar-refractivity contribution in [2.75, 3.05) is 0 Å². The van der Waals surface area contributed by atoms with Crippen LogP contribution in [0.15, 0.2) is 24.0 Å². The van der Waals surface area contributed by atoms with Gasteiger partial charge >= 0.3 is 18.0 Å². The Bertz CT molecular complexity index is 595. The van der Waals surface area contributed by atoms with Gasteiger partial charge in [0.15, 0.2) is 0 Å². The molecule has 9 heteroatoms. The van der Waals surface area contributed by atoms with Crippen LogP contribution in [0.2, 0.25) is 0 Å². The van der Waals surface area contributed by atoms with Crippen LogP contribution in [0.5, 0.6) is 0 Å². The molecule has 0 amide bonds. The molecule has 0 aromatic heterocycles. The average molecular weight is 362 g/mol. The molecule has 0 spiro atoms. The largest absolute Gasteiger partial charge is 0.512 e. The van der Waals surface area contributed by atoms with Gasteiger partial charge in [0.25, 0.3) is 0 Å². The van der Waals surface area contributed by atoms with Gasteiger partial charge in [-0.05, 0) is 18.8 Å². The summed E-state index contributed by atoms with van der Waals surface area (Å²) in [6.45, 7) is 6.56. The summed E-state index contributed by atoms with van der Waals surface area (Å²) in [6.07, 6.45) is -8.19. The van der Waals surface area contributed by atoms with Crippen molar-refractivity contribution < 1.29 is 40.9 Å². The molecule has 1 fully saturated rings. The molecule has 2 bridgehead atoms. The summed E-state index contributed by atoms with van der Waals surface area (Å²) >= 11 is 0. The molecule has 24 heavy (non-hydrogen) atoms. The fourth-order valence-electron chi connectivity index (χ4n) is 3.97. The highest BCUT2D eigenvalue weighted by atomic mass is 19.4. The quantitative estimate of drug-likeness (QED) is 0.566. The van der Waals surface area contributed by atoms with E-state index in [2.05, 4.69) is 6.58 Å². The Morgan fingerprint density at radius 3 is 2.04 bits per heavy atom. The summed E-state index contributed by atoms with van der Waals surface area (Å²) in [7, 11) is 0. The van der Waals surface area contributed by atoms with Gasteiger partial charge in [0.2, 0.25) is 0 Å². The lowest BCUT2D eigenvalue weighted by molar-refractivity contribution is -0.368. The van der Waals surface area contributed by atoms with Crippen LogP contribution in [-0.4, -0.2) is 34.3 Å². The molecule has 0 aromatic rings. The van der Waals surface area contributed by atoms with Crippen molar-refractivity contribution in [2.24, 2.45) is 16.7 Å². The number of allylic oxidation sites excluding steroid dienone is 2. The monoisotopic (exact) mass is 362 g/mol. The van der Waals surface area contributed by atoms with E-state index in [1.807, 2.05) is 0 Å². The molecule has 0 aromatic carbocycles. The topological polar surface area (TPSA) is 40.5 Å². The molecule has 4 unspecified atom stereocenters. The van der Waals surface area contributed by atoms with E-state index in [9.17, 15) is 40.9 Å². The van der Waals surface area contributed by atoms with Crippen molar-refractivity contribution in [3.05, 3.63) is 24.0 Å². The third-order valence-electron chi connectivity index (χ3n) is 5.85. The van der Waals surface area contributed by atoms with E-state index in [1.165, 1.54) is 19.9 Å². The van der Waals surface area contributed by atoms with Gasteiger partial charge in [-0.1, -0.05) is 19.9 Å². The molecule has 0 radical (unpaired) electrons. The van der Waals surface area contributed by atoms with Crippen molar-refractivity contribution in [3.63, 3.8) is 0 Å². The predicted molar refractivity (Wildman–Crippen MR) is 70.7 cm³/mol. The minimum atomic E-state index is -6.54. The SMILES string of the molecule is C=CC1(C)C2CCC1(C)C(O)=C2C(O)C(F)(F)C(F)(F)C(F)(F)F. The van der Waals surface area contributed by atoms with Gasteiger partial charge < -0.3 is 10.2 Å². The zero-order valence-corrected chi connectivity index (χ0v) is 12.9. The van der Waals surface area contributed by atoms with Crippen molar-refractivity contribution in [1.29, 1.82) is 0 Å². The van der Waals surface area contributed by atoms with Crippen molar-refractivity contribution in [2.45, 2.75) is 50.8 Å². The van der Waals surface area contributed by atoms with Crippen LogP contribution in [0.1, 0.15) is 26.7 Å². The molecule has 0 aliphatic heterocycles. The van der Waals surface area contributed by atoms with E-state index in [1.54, 1.807) is 0 Å². The molecule has 138 valence electrons. The molecular weight excluding hydrogens is 345 g/mol. The van der Waals surface area contributed by atoms with E-state index in [4.69, 9.17) is 0 Å². The van der Waals surface area contributed by atoms with Gasteiger partial charge in [0, 0.05) is 16.4 Å². The number of fused-ring (bicyclic) bond motifs is 2. The van der Waals surface area contributed by atoms with E-state index in [0.717, 1.165) is 0 Å². The Labute approximate surface area is 133 Å². The van der Waals surface area contributed by atoms with Crippen molar-refractivity contribution in [1.82, 2.24) is 0 Å². The first kappa shape index (κ1) is 19.1. The minimum absolute atomic E-state index is 0.156. The summed E-state index contributed by atoms with van der Waals surface area (Å²) in [5, 5.41) is 19.9. The smallest absolute Gasteiger partial charge is 0.459 e. The zero-order chi connectivity index (χ0) is 18.9. The molecule has 2 aliphatic carbocycles. The predicted octanol–water partition coefficient (Wildman–Crippen LogP) is 4.61. The highest BCUT2D eigenvalue weighted by molar-refractivity contribution is 5.41. The normalized spacial score (nSPS) is 35.5. The zero-order valence-electron chi connectivity index (χ0n) is 12.9. The fraction of sp³-hybridized carbons (Fsp3) is 0.733. The van der Waals surface area contributed by atoms with Crippen LogP contribution >= 0.6 is 0 Å². The van der Waals surface area contributed by atoms with E-state index < -0.39 is 52.2 Å². The maximum Gasteiger partial charge on any atom is 0.459 e. The molecule has 2 N–H and O–H groups in total. The number of rotatable bonds is 4. The number of aliphatic hydroxyl groups is 2. The van der Waals surface area contributed by atoms with Crippen LogP contribution in [0, 0.1) is 16.7 Å². The second-order valence-corrected chi connectivity index (χ2v) is 6.81. The fourth-order valence-corrected chi connectivity index (χ4v) is 3.97. The van der Waals surface area contributed by atoms with Gasteiger partial charge in [0.05, 0.1) is 0 Å². The number of hydrogen-bond donors (Lipinski definition) is 2. The first-order chi connectivity index (χ1) is 10.6. The lowest BCUT2D eigenvalue weighted by Crippen LogP contribution is -2.58. The minimum Gasteiger partial charge on any atom is -0.512 e. The van der Waals surface area contributed by atoms with Gasteiger partial charge in [-0.3, -0.25) is 0 Å². The summed E-state index contributed by atoms with van der Waals surface area (Å²) < 4.78 is 91.0. The maximum atomic E-state index is 13.8. The highest BCUT2D eigenvalue weighted by Gasteiger charge is 2.77. The number of aliphatic hydroxyl groups excluding tert-OH is 2. The van der Waals surface area contributed by atoms with Gasteiger partial charge in [0.1, 0.15) is 11.9 Å². The summed E-state index contributed by atoms with van der Waals surface area (Å²) in [4.78, 5) is 0. The first-order valence-electron chi connectivity index (χ1n) is 7.17. The van der Waals surface area contributed by atoms with Gasteiger partial charge in [-0.25, -0.2) is 0 Å². The standard InChI is InChI=1S/C15H17F7O2/c1-4-11(2)7-5-6-12(11,3)9(23)8(7)10(24)13(16,17)14(18,19)15(20,21)22/h4,7,10,23-24H,1,5-6H2,2-3H3. The third-order valence-corrected chi connectivity index (χ3v) is 5.85. The van der Waals surface area contributed by atoms with Crippen LogP contribution in [0.25, 0.3) is 0 Å². The molecule has 0 heterocycles. The van der Waals surface area contributed by atoms with Crippen LogP contribution in [0.3, 0.4) is 0 Å². The first-order valence-corrected chi connectivity index (χ1v) is 7.17. The average Bonchev–Trinajstić information content (AvgIpc) is 2.80. The Balaban J connectivity index is 2.54. The molecule has 2 nitrogen and oxygen atoms in total. The summed E-state index contributed by atoms with van der Waals surface area (Å²) in [6, 6.07) is 0. The van der Waals surface area contributed by atoms with Crippen LogP contribution in [-0.2, 0) is 0 Å². The third kappa shape index (κ3) is 1.93. The molecule has 0 saturated heterocycles. The number of hydrogen-bond acceptors (Lipinski definition) is 2. The molecule has 4 atom stereocenters. The van der Waals surface area contributed by atoms with E-state index >= 15 is 0 Å². The van der Waals surface area contributed by atoms with Gasteiger partial charge in [-0.15, -0.1) is 6.58 Å². The molecule has 2 aliphatic rings. The maximum absolute atomic E-state index is 13.8. The Kier molecular flexibility index (Phi) is 3.89. The molecule has 2 rings (SSSR count). The lowest BCUT2D eigenvalue weighted by atomic mass is 9.68. The lowest BCUT2D eigenvalue weighted by Gasteiger charge is -2.36. The Morgan fingerprint density at radius 2 is 1.67 bits per heavy atom. The molecule has 1 saturated carbocycles. The van der Waals surface area contributed by atoms with Crippen molar-refractivity contribution >= 4 is 0 Å². The second kappa shape index (κ2) is 4.89. The highest BCUT2D eigenvalue weighted by Crippen LogP contribution is 2.69. The van der Waals surface area contributed by atoms with E-state index in [-0.39, 0.29) is 6.42 Å². The van der Waals surface area contributed by atoms with E-state index in [0.29, 0.717) is 6.42 Å². The number of halogens is 7. The summed E-state index contributed by atoms with van der Waals surface area (Å²) in [5.41, 5.74) is -3.05. The van der Waals surface area contributed by atoms with Crippen molar-refractivity contribution in [3.8, 4) is 0 Å². The Morgan fingerprint density at radius 1 is 1.17 bits per heavy atom.